The van der Waals surface area contributed by atoms with Gasteiger partial charge in [-0.3, -0.25) is 0 Å². The first kappa shape index (κ1) is 23.0. The van der Waals surface area contributed by atoms with Gasteiger partial charge in [0.05, 0.1) is 13.2 Å². The summed E-state index contributed by atoms with van der Waals surface area (Å²) in [6.45, 7) is 4.98. The standard InChI is InChI=1S/C27H24INO4/c1-3-31-25-17-20(9-12-24(25)32-14-13-19-7-5-4-6-8-19)16-23-27(30)33-26(29-23)21-10-11-22(28)18(2)15-21/h4-12,15-17H,3,13-14H2,1-2H3/b23-16-. The highest BCUT2D eigenvalue weighted by Gasteiger charge is 2.24. The monoisotopic (exact) mass is 553 g/mol. The molecule has 0 atom stereocenters. The maximum absolute atomic E-state index is 12.4. The van der Waals surface area contributed by atoms with Crippen LogP contribution in [0.3, 0.4) is 0 Å². The zero-order valence-corrected chi connectivity index (χ0v) is 20.7. The lowest BCUT2D eigenvalue weighted by molar-refractivity contribution is -0.129. The smallest absolute Gasteiger partial charge is 0.363 e. The van der Waals surface area contributed by atoms with Gasteiger partial charge in [0.15, 0.2) is 17.2 Å². The van der Waals surface area contributed by atoms with Crippen molar-refractivity contribution in [1.82, 2.24) is 0 Å². The number of carbonyl (C=O) groups excluding carboxylic acids is 1. The molecule has 3 aromatic carbocycles. The van der Waals surface area contributed by atoms with Crippen LogP contribution in [0.4, 0.5) is 0 Å². The summed E-state index contributed by atoms with van der Waals surface area (Å²) in [4.78, 5) is 16.8. The SMILES string of the molecule is CCOc1cc(/C=C2\N=C(c3ccc(I)c(C)c3)OC2=O)ccc1OCCc1ccccc1. The van der Waals surface area contributed by atoms with Crippen molar-refractivity contribution in [2.45, 2.75) is 20.3 Å². The molecule has 0 N–H and O–H groups in total. The van der Waals surface area contributed by atoms with Crippen LogP contribution in [0.5, 0.6) is 11.5 Å². The van der Waals surface area contributed by atoms with Gasteiger partial charge in [0.2, 0.25) is 5.90 Å². The molecule has 3 aromatic rings. The molecule has 6 heteroatoms. The van der Waals surface area contributed by atoms with E-state index in [1.54, 1.807) is 6.08 Å². The second-order valence-electron chi connectivity index (χ2n) is 7.52. The summed E-state index contributed by atoms with van der Waals surface area (Å²) in [5.74, 6) is 1.14. The normalized spacial score (nSPS) is 14.2. The number of rotatable bonds is 8. The lowest BCUT2D eigenvalue weighted by Gasteiger charge is -2.12. The van der Waals surface area contributed by atoms with E-state index in [1.807, 2.05) is 68.4 Å². The zero-order chi connectivity index (χ0) is 23.2. The van der Waals surface area contributed by atoms with Crippen molar-refractivity contribution in [3.8, 4) is 11.5 Å². The predicted molar refractivity (Wildman–Crippen MR) is 138 cm³/mol. The van der Waals surface area contributed by atoms with Gasteiger partial charge in [-0.25, -0.2) is 9.79 Å². The second kappa shape index (κ2) is 10.7. The molecule has 5 nitrogen and oxygen atoms in total. The van der Waals surface area contributed by atoms with Gasteiger partial charge < -0.3 is 14.2 Å². The van der Waals surface area contributed by atoms with Crippen molar-refractivity contribution in [2.75, 3.05) is 13.2 Å². The Balaban J connectivity index is 1.52. The molecule has 1 heterocycles. The number of esters is 1. The van der Waals surface area contributed by atoms with E-state index in [0.717, 1.165) is 26.7 Å². The molecule has 0 saturated carbocycles. The van der Waals surface area contributed by atoms with E-state index in [9.17, 15) is 4.79 Å². The van der Waals surface area contributed by atoms with Crippen LogP contribution in [0.25, 0.3) is 6.08 Å². The third-order valence-corrected chi connectivity index (χ3v) is 6.30. The lowest BCUT2D eigenvalue weighted by Crippen LogP contribution is -2.06. The Morgan fingerprint density at radius 3 is 2.58 bits per heavy atom. The van der Waals surface area contributed by atoms with Gasteiger partial charge in [0.25, 0.3) is 0 Å². The quantitative estimate of drug-likeness (QED) is 0.196. The van der Waals surface area contributed by atoms with E-state index in [2.05, 4.69) is 39.7 Å². The summed E-state index contributed by atoms with van der Waals surface area (Å²) in [6, 6.07) is 21.6. The first-order valence-electron chi connectivity index (χ1n) is 10.8. The van der Waals surface area contributed by atoms with Crippen LogP contribution in [-0.4, -0.2) is 25.1 Å². The number of aliphatic imine (C=N–C) groups is 1. The minimum Gasteiger partial charge on any atom is -0.490 e. The minimum absolute atomic E-state index is 0.251. The van der Waals surface area contributed by atoms with Crippen LogP contribution in [-0.2, 0) is 16.0 Å². The maximum atomic E-state index is 12.4. The molecule has 0 saturated heterocycles. The van der Waals surface area contributed by atoms with Gasteiger partial charge in [0, 0.05) is 15.6 Å². The Kier molecular flexibility index (Phi) is 7.44. The third kappa shape index (κ3) is 5.82. The van der Waals surface area contributed by atoms with Gasteiger partial charge in [-0.1, -0.05) is 36.4 Å². The number of ether oxygens (including phenoxy) is 3. The van der Waals surface area contributed by atoms with Crippen molar-refractivity contribution in [1.29, 1.82) is 0 Å². The fourth-order valence-corrected chi connectivity index (χ4v) is 3.73. The maximum Gasteiger partial charge on any atom is 0.363 e. The van der Waals surface area contributed by atoms with E-state index >= 15 is 0 Å². The van der Waals surface area contributed by atoms with Crippen LogP contribution >= 0.6 is 22.6 Å². The van der Waals surface area contributed by atoms with Gasteiger partial charge in [-0.2, -0.15) is 0 Å². The Bertz CT molecular complexity index is 1220. The average molecular weight is 553 g/mol. The topological polar surface area (TPSA) is 57.1 Å². The molecule has 0 unspecified atom stereocenters. The predicted octanol–water partition coefficient (Wildman–Crippen LogP) is 5.96. The number of halogens is 1. The largest absolute Gasteiger partial charge is 0.490 e. The number of benzene rings is 3. The van der Waals surface area contributed by atoms with Crippen molar-refractivity contribution in [3.05, 3.63) is 98.3 Å². The molecule has 0 spiro atoms. The second-order valence-corrected chi connectivity index (χ2v) is 8.69. The van der Waals surface area contributed by atoms with Gasteiger partial charge in [0.1, 0.15) is 0 Å². The number of nitrogens with zero attached hydrogens (tertiary/aromatic N) is 1. The highest BCUT2D eigenvalue weighted by Crippen LogP contribution is 2.30. The first-order valence-corrected chi connectivity index (χ1v) is 11.8. The molecular weight excluding hydrogens is 529 g/mol. The van der Waals surface area contributed by atoms with Crippen molar-refractivity contribution >= 4 is 40.5 Å². The third-order valence-electron chi connectivity index (χ3n) is 5.09. The Morgan fingerprint density at radius 2 is 1.82 bits per heavy atom. The molecule has 0 amide bonds. The van der Waals surface area contributed by atoms with Gasteiger partial charge in [-0.15, -0.1) is 0 Å². The summed E-state index contributed by atoms with van der Waals surface area (Å²) in [5.41, 5.74) is 4.13. The van der Waals surface area contributed by atoms with Gasteiger partial charge >= 0.3 is 5.97 Å². The highest BCUT2D eigenvalue weighted by molar-refractivity contribution is 14.1. The summed E-state index contributed by atoms with van der Waals surface area (Å²) < 4.78 is 18.3. The number of hydrogen-bond donors (Lipinski definition) is 0. The van der Waals surface area contributed by atoms with Crippen molar-refractivity contribution in [2.24, 2.45) is 4.99 Å². The summed E-state index contributed by atoms with van der Waals surface area (Å²) in [5, 5.41) is 0. The first-order chi connectivity index (χ1) is 16.0. The van der Waals surface area contributed by atoms with E-state index in [4.69, 9.17) is 14.2 Å². The molecule has 33 heavy (non-hydrogen) atoms. The van der Waals surface area contributed by atoms with Crippen LogP contribution in [0.2, 0.25) is 0 Å². The lowest BCUT2D eigenvalue weighted by atomic mass is 10.1. The molecule has 168 valence electrons. The molecule has 1 aliphatic rings. The fraction of sp³-hybridized carbons (Fsp3) is 0.185. The van der Waals surface area contributed by atoms with Crippen LogP contribution in [0.1, 0.15) is 29.2 Å². The minimum atomic E-state index is -0.470. The number of carbonyl (C=O) groups is 1. The average Bonchev–Trinajstić information content (AvgIpc) is 3.18. The summed E-state index contributed by atoms with van der Waals surface area (Å²) in [7, 11) is 0. The van der Waals surface area contributed by atoms with Crippen LogP contribution in [0.15, 0.2) is 77.4 Å². The molecule has 0 fully saturated rings. The highest BCUT2D eigenvalue weighted by atomic mass is 127. The van der Waals surface area contributed by atoms with Crippen molar-refractivity contribution in [3.63, 3.8) is 0 Å². The van der Waals surface area contributed by atoms with Crippen molar-refractivity contribution < 1.29 is 19.0 Å². The molecule has 0 radical (unpaired) electrons. The van der Waals surface area contributed by atoms with Crippen LogP contribution in [0, 0.1) is 10.5 Å². The zero-order valence-electron chi connectivity index (χ0n) is 18.5. The molecule has 4 rings (SSSR count). The van der Waals surface area contributed by atoms with Crippen LogP contribution < -0.4 is 9.47 Å². The number of hydrogen-bond acceptors (Lipinski definition) is 5. The fourth-order valence-electron chi connectivity index (χ4n) is 3.39. The van der Waals surface area contributed by atoms with E-state index in [0.29, 0.717) is 30.6 Å². The van der Waals surface area contributed by atoms with Gasteiger partial charge in [-0.05, 0) is 89.5 Å². The molecule has 1 aliphatic heterocycles. The molecule has 0 aliphatic carbocycles. The number of cyclic esters (lactones) is 1. The molecule has 0 bridgehead atoms. The van der Waals surface area contributed by atoms with E-state index in [1.165, 1.54) is 5.56 Å². The summed E-state index contributed by atoms with van der Waals surface area (Å²) >= 11 is 2.27. The Labute approximate surface area is 207 Å². The number of aryl methyl sites for hydroxylation is 1. The molecule has 0 aromatic heterocycles. The van der Waals surface area contributed by atoms with E-state index in [-0.39, 0.29) is 5.70 Å². The Morgan fingerprint density at radius 1 is 1.00 bits per heavy atom. The Hall–Kier alpha value is -3.13. The van der Waals surface area contributed by atoms with E-state index < -0.39 is 5.97 Å². The molecular formula is C27H24INO4. The summed E-state index contributed by atoms with van der Waals surface area (Å²) in [6.07, 6.45) is 2.50.